The minimum absolute atomic E-state index is 0.133. The monoisotopic (exact) mass is 250 g/mol. The number of rotatable bonds is 4. The molecule has 1 aromatic heterocycles. The molecule has 98 valence electrons. The zero-order chi connectivity index (χ0) is 12.4. The maximum absolute atomic E-state index is 11.5. The Balaban J connectivity index is 1.62. The van der Waals surface area contributed by atoms with E-state index in [1.807, 2.05) is 0 Å². The van der Waals surface area contributed by atoms with Gasteiger partial charge in [0.2, 0.25) is 5.88 Å². The van der Waals surface area contributed by atoms with E-state index in [1.54, 1.807) is 0 Å². The van der Waals surface area contributed by atoms with Crippen molar-refractivity contribution >= 4 is 0 Å². The average Bonchev–Trinajstić information content (AvgIpc) is 3.21. The van der Waals surface area contributed by atoms with E-state index < -0.39 is 0 Å². The number of ether oxygens (including phenoxy) is 2. The van der Waals surface area contributed by atoms with Crippen LogP contribution in [0.15, 0.2) is 10.9 Å². The molecule has 0 aromatic carbocycles. The van der Waals surface area contributed by atoms with E-state index in [1.165, 1.54) is 12.5 Å². The Morgan fingerprint density at radius 3 is 3.00 bits per heavy atom. The summed E-state index contributed by atoms with van der Waals surface area (Å²) < 4.78 is 11.2. The Bertz CT molecular complexity index is 462. The van der Waals surface area contributed by atoms with E-state index in [4.69, 9.17) is 9.47 Å². The standard InChI is InChI=1S/C13H18N2O3/c16-11-7-12(15-13(14-11)9-4-5-9)18-8-10-3-1-2-6-17-10/h7,9-10H,1-6,8H2,(H,14,15,16). The first-order chi connectivity index (χ1) is 8.81. The van der Waals surface area contributed by atoms with Gasteiger partial charge in [-0.25, -0.2) is 0 Å². The van der Waals surface area contributed by atoms with Crippen molar-refractivity contribution in [3.05, 3.63) is 22.2 Å². The molecule has 2 fully saturated rings. The summed E-state index contributed by atoms with van der Waals surface area (Å²) in [6.45, 7) is 1.30. The molecule has 1 aromatic rings. The molecular weight excluding hydrogens is 232 g/mol. The molecule has 1 saturated carbocycles. The second-order valence-corrected chi connectivity index (χ2v) is 5.04. The van der Waals surface area contributed by atoms with Crippen molar-refractivity contribution in [3.63, 3.8) is 0 Å². The van der Waals surface area contributed by atoms with Gasteiger partial charge in [0.1, 0.15) is 12.4 Å². The Kier molecular flexibility index (Phi) is 3.32. The Morgan fingerprint density at radius 1 is 1.39 bits per heavy atom. The molecule has 0 spiro atoms. The van der Waals surface area contributed by atoms with Gasteiger partial charge in [-0.15, -0.1) is 0 Å². The van der Waals surface area contributed by atoms with Crippen LogP contribution in [0, 0.1) is 0 Å². The molecule has 3 rings (SSSR count). The lowest BCUT2D eigenvalue weighted by atomic mass is 10.1. The molecule has 1 aliphatic carbocycles. The molecule has 0 amide bonds. The highest BCUT2D eigenvalue weighted by Crippen LogP contribution is 2.37. The average molecular weight is 250 g/mol. The molecule has 0 radical (unpaired) electrons. The van der Waals surface area contributed by atoms with Crippen LogP contribution in [0.4, 0.5) is 0 Å². The Morgan fingerprint density at radius 2 is 2.28 bits per heavy atom. The quantitative estimate of drug-likeness (QED) is 0.881. The minimum Gasteiger partial charge on any atom is -0.475 e. The topological polar surface area (TPSA) is 64.2 Å². The van der Waals surface area contributed by atoms with Gasteiger partial charge in [-0.1, -0.05) is 0 Å². The van der Waals surface area contributed by atoms with Gasteiger partial charge in [-0.3, -0.25) is 4.79 Å². The Hall–Kier alpha value is -1.36. The van der Waals surface area contributed by atoms with Crippen LogP contribution in [0.1, 0.15) is 43.8 Å². The van der Waals surface area contributed by atoms with Gasteiger partial charge < -0.3 is 14.5 Å². The highest BCUT2D eigenvalue weighted by atomic mass is 16.5. The van der Waals surface area contributed by atoms with Crippen LogP contribution in [-0.4, -0.2) is 29.3 Å². The first-order valence-corrected chi connectivity index (χ1v) is 6.67. The summed E-state index contributed by atoms with van der Waals surface area (Å²) in [5.74, 6) is 1.61. The lowest BCUT2D eigenvalue weighted by Gasteiger charge is -2.22. The first kappa shape index (κ1) is 11.7. The van der Waals surface area contributed by atoms with Crippen LogP contribution >= 0.6 is 0 Å². The summed E-state index contributed by atoms with van der Waals surface area (Å²) >= 11 is 0. The van der Waals surface area contributed by atoms with Crippen LogP contribution in [0.25, 0.3) is 0 Å². The van der Waals surface area contributed by atoms with Crippen LogP contribution in [-0.2, 0) is 4.74 Å². The number of nitrogens with zero attached hydrogens (tertiary/aromatic N) is 1. The maximum Gasteiger partial charge on any atom is 0.254 e. The second-order valence-electron chi connectivity index (χ2n) is 5.04. The van der Waals surface area contributed by atoms with Gasteiger partial charge >= 0.3 is 0 Å². The summed E-state index contributed by atoms with van der Waals surface area (Å²) in [4.78, 5) is 18.6. The third-order valence-corrected chi connectivity index (χ3v) is 3.39. The van der Waals surface area contributed by atoms with Gasteiger partial charge in [0, 0.05) is 12.5 Å². The zero-order valence-corrected chi connectivity index (χ0v) is 10.4. The molecule has 1 atom stereocenters. The normalized spacial score (nSPS) is 23.9. The molecule has 0 bridgehead atoms. The van der Waals surface area contributed by atoms with Gasteiger partial charge in [0.25, 0.3) is 5.56 Å². The predicted molar refractivity (Wildman–Crippen MR) is 65.9 cm³/mol. The smallest absolute Gasteiger partial charge is 0.254 e. The van der Waals surface area contributed by atoms with Crippen LogP contribution in [0.3, 0.4) is 0 Å². The van der Waals surface area contributed by atoms with Crippen LogP contribution in [0.5, 0.6) is 5.88 Å². The molecule has 5 nitrogen and oxygen atoms in total. The van der Waals surface area contributed by atoms with Crippen LogP contribution < -0.4 is 10.3 Å². The highest BCUT2D eigenvalue weighted by Gasteiger charge is 2.26. The van der Waals surface area contributed by atoms with Crippen molar-refractivity contribution in [2.45, 2.75) is 44.1 Å². The predicted octanol–water partition coefficient (Wildman–Crippen LogP) is 1.60. The van der Waals surface area contributed by atoms with Gasteiger partial charge in [0.05, 0.1) is 12.2 Å². The fraction of sp³-hybridized carbons (Fsp3) is 0.692. The molecule has 5 heteroatoms. The number of H-pyrrole nitrogens is 1. The first-order valence-electron chi connectivity index (χ1n) is 6.67. The lowest BCUT2D eigenvalue weighted by Crippen LogP contribution is -2.26. The number of hydrogen-bond acceptors (Lipinski definition) is 4. The summed E-state index contributed by atoms with van der Waals surface area (Å²) in [5, 5.41) is 0. The second kappa shape index (κ2) is 5.10. The minimum atomic E-state index is -0.133. The Labute approximate surface area is 106 Å². The van der Waals surface area contributed by atoms with Gasteiger partial charge in [0.15, 0.2) is 0 Å². The van der Waals surface area contributed by atoms with Crippen molar-refractivity contribution in [2.75, 3.05) is 13.2 Å². The molecular formula is C13H18N2O3. The lowest BCUT2D eigenvalue weighted by molar-refractivity contribution is -0.0120. The molecule has 2 aliphatic rings. The SMILES string of the molecule is O=c1cc(OCC2CCCCO2)nc(C2CC2)[nH]1. The van der Waals surface area contributed by atoms with E-state index in [-0.39, 0.29) is 11.7 Å². The van der Waals surface area contributed by atoms with E-state index in [9.17, 15) is 4.79 Å². The van der Waals surface area contributed by atoms with Gasteiger partial charge in [-0.2, -0.15) is 4.98 Å². The zero-order valence-electron chi connectivity index (χ0n) is 10.4. The van der Waals surface area contributed by atoms with Crippen molar-refractivity contribution in [2.24, 2.45) is 0 Å². The molecule has 1 aliphatic heterocycles. The summed E-state index contributed by atoms with van der Waals surface area (Å²) in [6, 6.07) is 1.41. The third-order valence-electron chi connectivity index (χ3n) is 3.39. The molecule has 1 unspecified atom stereocenters. The molecule has 1 N–H and O–H groups in total. The maximum atomic E-state index is 11.5. The summed E-state index contributed by atoms with van der Waals surface area (Å²) in [6.07, 6.45) is 5.70. The van der Waals surface area contributed by atoms with E-state index >= 15 is 0 Å². The fourth-order valence-electron chi connectivity index (χ4n) is 2.19. The van der Waals surface area contributed by atoms with Crippen LogP contribution in [0.2, 0.25) is 0 Å². The van der Waals surface area contributed by atoms with E-state index in [0.29, 0.717) is 18.4 Å². The third kappa shape index (κ3) is 2.90. The summed E-state index contributed by atoms with van der Waals surface area (Å²) in [5.41, 5.74) is -0.133. The molecule has 18 heavy (non-hydrogen) atoms. The number of aromatic amines is 1. The molecule has 2 heterocycles. The fourth-order valence-corrected chi connectivity index (χ4v) is 2.19. The number of nitrogens with one attached hydrogen (secondary N) is 1. The highest BCUT2D eigenvalue weighted by molar-refractivity contribution is 5.14. The molecule has 1 saturated heterocycles. The van der Waals surface area contributed by atoms with E-state index in [2.05, 4.69) is 9.97 Å². The van der Waals surface area contributed by atoms with Crippen molar-refractivity contribution < 1.29 is 9.47 Å². The van der Waals surface area contributed by atoms with Crippen molar-refractivity contribution in [1.29, 1.82) is 0 Å². The number of hydrogen-bond donors (Lipinski definition) is 1. The van der Waals surface area contributed by atoms with Gasteiger partial charge in [-0.05, 0) is 32.1 Å². The van der Waals surface area contributed by atoms with Crippen molar-refractivity contribution in [1.82, 2.24) is 9.97 Å². The number of aromatic nitrogens is 2. The van der Waals surface area contributed by atoms with Crippen molar-refractivity contribution in [3.8, 4) is 5.88 Å². The summed E-state index contributed by atoms with van der Waals surface area (Å²) in [7, 11) is 0. The largest absolute Gasteiger partial charge is 0.475 e. The van der Waals surface area contributed by atoms with E-state index in [0.717, 1.165) is 38.1 Å².